The van der Waals surface area contributed by atoms with Crippen molar-refractivity contribution in [3.05, 3.63) is 53.9 Å². The van der Waals surface area contributed by atoms with E-state index in [0.29, 0.717) is 36.1 Å². The average Bonchev–Trinajstić information content (AvgIpc) is 3.18. The van der Waals surface area contributed by atoms with Crippen LogP contribution in [-0.2, 0) is 16.0 Å². The first-order valence-corrected chi connectivity index (χ1v) is 10.4. The van der Waals surface area contributed by atoms with Gasteiger partial charge >= 0.3 is 6.36 Å². The van der Waals surface area contributed by atoms with Crippen LogP contribution < -0.4 is 10.1 Å². The summed E-state index contributed by atoms with van der Waals surface area (Å²) in [6.45, 7) is 9.60. The van der Waals surface area contributed by atoms with E-state index in [2.05, 4.69) is 26.8 Å². The molecule has 1 aromatic carbocycles. The van der Waals surface area contributed by atoms with Crippen molar-refractivity contribution in [2.75, 3.05) is 6.61 Å². The van der Waals surface area contributed by atoms with E-state index in [-0.39, 0.29) is 31.3 Å². The summed E-state index contributed by atoms with van der Waals surface area (Å²) in [6, 6.07) is 7.34. The molecule has 176 valence electrons. The van der Waals surface area contributed by atoms with Gasteiger partial charge < -0.3 is 14.5 Å². The lowest BCUT2D eigenvalue weighted by Gasteiger charge is -2.32. The number of halogens is 3. The third-order valence-electron chi connectivity index (χ3n) is 4.57. The lowest BCUT2D eigenvalue weighted by atomic mass is 9.82. The van der Waals surface area contributed by atoms with Gasteiger partial charge in [-0.3, -0.25) is 9.53 Å². The number of allylic oxidation sites excluding steroid dienone is 1. The predicted octanol–water partition coefficient (Wildman–Crippen LogP) is 4.83. The molecule has 1 aliphatic rings. The summed E-state index contributed by atoms with van der Waals surface area (Å²) in [5.74, 6) is 0.653. The van der Waals surface area contributed by atoms with Crippen molar-refractivity contribution >= 4 is 5.91 Å². The number of carbonyl (C=O) groups excluding carboxylic acids is 1. The highest BCUT2D eigenvalue weighted by molar-refractivity contribution is 5.79. The Morgan fingerprint density at radius 1 is 1.22 bits per heavy atom. The van der Waals surface area contributed by atoms with Gasteiger partial charge in [-0.15, -0.1) is 23.4 Å². The minimum Gasteiger partial charge on any atom is -0.484 e. The van der Waals surface area contributed by atoms with E-state index in [0.717, 1.165) is 5.56 Å². The van der Waals surface area contributed by atoms with Crippen molar-refractivity contribution in [3.8, 4) is 5.75 Å². The summed E-state index contributed by atoms with van der Waals surface area (Å²) in [7, 11) is 0. The largest absolute Gasteiger partial charge is 0.522 e. The summed E-state index contributed by atoms with van der Waals surface area (Å²) in [4.78, 5) is 11.9. The molecule has 1 heterocycles. The molecule has 0 atom stereocenters. The first kappa shape index (κ1) is 25.4. The summed E-state index contributed by atoms with van der Waals surface area (Å²) in [5, 5.41) is 10.4. The van der Waals surface area contributed by atoms with Crippen LogP contribution in [-0.4, -0.2) is 35.2 Å². The summed E-state index contributed by atoms with van der Waals surface area (Å²) < 4.78 is 51.3. The maximum absolute atomic E-state index is 12.2. The van der Waals surface area contributed by atoms with Gasteiger partial charge in [0.15, 0.2) is 6.61 Å². The number of carbonyl (C=O) groups is 1. The van der Waals surface area contributed by atoms with E-state index in [1.165, 1.54) is 0 Å². The van der Waals surface area contributed by atoms with Gasteiger partial charge in [0.1, 0.15) is 5.75 Å². The van der Waals surface area contributed by atoms with Gasteiger partial charge in [0.2, 0.25) is 11.8 Å². The molecule has 3 rings (SSSR count). The number of amides is 1. The fraction of sp³-hybridized carbons (Fsp3) is 0.500. The normalized spacial score (nSPS) is 17.6. The quantitative estimate of drug-likeness (QED) is 0.583. The van der Waals surface area contributed by atoms with Crippen LogP contribution in [0.2, 0.25) is 0 Å². The highest BCUT2D eigenvalue weighted by Gasteiger charge is 2.42. The van der Waals surface area contributed by atoms with Gasteiger partial charge in [0, 0.05) is 18.0 Å². The molecule has 0 aliphatic heterocycles. The van der Waals surface area contributed by atoms with Crippen LogP contribution in [0.4, 0.5) is 13.2 Å². The highest BCUT2D eigenvalue weighted by atomic mass is 19.4. The van der Waals surface area contributed by atoms with Gasteiger partial charge in [-0.05, 0) is 38.3 Å². The number of alkyl halides is 3. The number of hydrogen-bond donors (Lipinski definition) is 1. The van der Waals surface area contributed by atoms with Crippen LogP contribution in [0.15, 0.2) is 41.0 Å². The van der Waals surface area contributed by atoms with E-state index in [1.807, 2.05) is 32.9 Å². The molecule has 10 heteroatoms. The zero-order valence-electron chi connectivity index (χ0n) is 18.4. The Hall–Kier alpha value is -2.88. The monoisotopic (exact) mass is 455 g/mol. The van der Waals surface area contributed by atoms with Crippen LogP contribution in [0.25, 0.3) is 0 Å². The average molecular weight is 455 g/mol. The smallest absolute Gasteiger partial charge is 0.484 e. The molecule has 0 bridgehead atoms. The van der Waals surface area contributed by atoms with Crippen LogP contribution >= 0.6 is 0 Å². The van der Waals surface area contributed by atoms with Crippen LogP contribution in [0, 0.1) is 6.92 Å². The van der Waals surface area contributed by atoms with Gasteiger partial charge in [0.25, 0.3) is 5.91 Å². The number of ether oxygens (including phenoxy) is 2. The Morgan fingerprint density at radius 2 is 1.88 bits per heavy atom. The Morgan fingerprint density at radius 3 is 2.50 bits per heavy atom. The van der Waals surface area contributed by atoms with E-state index in [1.54, 1.807) is 12.1 Å². The second kappa shape index (κ2) is 11.7. The molecule has 1 aliphatic carbocycles. The lowest BCUT2D eigenvalue weighted by Crippen LogP contribution is -2.34. The molecule has 0 radical (unpaired) electrons. The second-order valence-electron chi connectivity index (χ2n) is 7.14. The first-order valence-electron chi connectivity index (χ1n) is 10.4. The molecule has 0 saturated heterocycles. The van der Waals surface area contributed by atoms with Crippen molar-refractivity contribution < 1.29 is 31.9 Å². The molecule has 7 nitrogen and oxygen atoms in total. The maximum Gasteiger partial charge on any atom is 0.522 e. The van der Waals surface area contributed by atoms with E-state index in [4.69, 9.17) is 9.15 Å². The number of aryl methyl sites for hydroxylation is 2. The third kappa shape index (κ3) is 8.33. The van der Waals surface area contributed by atoms with Gasteiger partial charge in [-0.2, -0.15) is 0 Å². The number of nitrogens with zero attached hydrogens (tertiary/aromatic N) is 2. The van der Waals surface area contributed by atoms with Crippen LogP contribution in [0.1, 0.15) is 56.4 Å². The number of aromatic nitrogens is 2. The molecule has 0 spiro atoms. The Bertz CT molecular complexity index is 875. The standard InChI is InChI=1S/C20H22F3N3O4.C2H6/c1-12-3-6-15(7-4-12)28-11-17(27)24-13(2)5-8-18-25-26-19(29-18)14-9-16(10-14)30-20(21,22)23;1-2/h3-4,6-7,14,16H,2,5,8-11H2,1H3,(H,24,27);1-2H3. The Balaban J connectivity index is 0.00000176. The van der Waals surface area contributed by atoms with Crippen molar-refractivity contribution in [1.29, 1.82) is 0 Å². The molecule has 1 aromatic heterocycles. The third-order valence-corrected chi connectivity index (χ3v) is 4.57. The van der Waals surface area contributed by atoms with Gasteiger partial charge in [0.05, 0.1) is 6.10 Å². The Kier molecular flexibility index (Phi) is 9.25. The van der Waals surface area contributed by atoms with E-state index >= 15 is 0 Å². The van der Waals surface area contributed by atoms with E-state index < -0.39 is 12.5 Å². The van der Waals surface area contributed by atoms with Gasteiger partial charge in [-0.1, -0.05) is 38.1 Å². The molecule has 0 unspecified atom stereocenters. The number of hydrogen-bond acceptors (Lipinski definition) is 6. The maximum atomic E-state index is 12.2. The van der Waals surface area contributed by atoms with Crippen molar-refractivity contribution in [3.63, 3.8) is 0 Å². The van der Waals surface area contributed by atoms with Gasteiger partial charge in [-0.25, -0.2) is 0 Å². The minimum absolute atomic E-state index is 0.143. The zero-order chi connectivity index (χ0) is 23.7. The van der Waals surface area contributed by atoms with Crippen molar-refractivity contribution in [1.82, 2.24) is 15.5 Å². The highest BCUT2D eigenvalue weighted by Crippen LogP contribution is 2.40. The number of rotatable bonds is 9. The molecule has 1 N–H and O–H groups in total. The molecule has 32 heavy (non-hydrogen) atoms. The number of benzene rings is 1. The SMILES string of the molecule is C=C(CCc1nnc(C2CC(OC(F)(F)F)C2)o1)NC(=O)COc1ccc(C)cc1.CC. The lowest BCUT2D eigenvalue weighted by molar-refractivity contribution is -0.352. The fourth-order valence-electron chi connectivity index (χ4n) is 2.92. The molecular formula is C22H28F3N3O4. The molecule has 1 amide bonds. The topological polar surface area (TPSA) is 86.5 Å². The van der Waals surface area contributed by atoms with Crippen LogP contribution in [0.3, 0.4) is 0 Å². The predicted molar refractivity (Wildman–Crippen MR) is 111 cm³/mol. The minimum atomic E-state index is -4.63. The zero-order valence-corrected chi connectivity index (χ0v) is 18.4. The number of nitrogens with one attached hydrogen (secondary N) is 1. The molecule has 2 aromatic rings. The Labute approximate surface area is 185 Å². The molecule has 1 fully saturated rings. The summed E-state index contributed by atoms with van der Waals surface area (Å²) in [5.41, 5.74) is 1.56. The molecular weight excluding hydrogens is 427 g/mol. The van der Waals surface area contributed by atoms with Crippen molar-refractivity contribution in [2.24, 2.45) is 0 Å². The summed E-state index contributed by atoms with van der Waals surface area (Å²) >= 11 is 0. The van der Waals surface area contributed by atoms with E-state index in [9.17, 15) is 18.0 Å². The van der Waals surface area contributed by atoms with Crippen LogP contribution in [0.5, 0.6) is 5.75 Å². The summed E-state index contributed by atoms with van der Waals surface area (Å²) in [6.07, 6.45) is -4.41. The first-order chi connectivity index (χ1) is 15.2. The molecule has 1 saturated carbocycles. The van der Waals surface area contributed by atoms with Crippen molar-refractivity contribution in [2.45, 2.75) is 64.8 Å². The second-order valence-corrected chi connectivity index (χ2v) is 7.14. The fourth-order valence-corrected chi connectivity index (χ4v) is 2.92.